The summed E-state index contributed by atoms with van der Waals surface area (Å²) >= 11 is 0. The summed E-state index contributed by atoms with van der Waals surface area (Å²) in [5.74, 6) is 0. The molecule has 19 heavy (non-hydrogen) atoms. The van der Waals surface area contributed by atoms with Crippen LogP contribution in [0.25, 0.3) is 0 Å². The average Bonchev–Trinajstić information content (AvgIpc) is 2.32. The first-order valence-electron chi connectivity index (χ1n) is 5.08. The lowest BCUT2D eigenvalue weighted by atomic mass is 10.2. The number of nitrogens with zero attached hydrogens (tertiary/aromatic N) is 3. The summed E-state index contributed by atoms with van der Waals surface area (Å²) < 4.78 is 24.5. The zero-order valence-corrected chi connectivity index (χ0v) is 11.1. The van der Waals surface area contributed by atoms with Gasteiger partial charge in [0.1, 0.15) is 12.1 Å². The van der Waals surface area contributed by atoms with Crippen molar-refractivity contribution < 1.29 is 8.42 Å². The smallest absolute Gasteiger partial charge is 0.237 e. The lowest BCUT2D eigenvalue weighted by Crippen LogP contribution is -2.09. The lowest BCUT2D eigenvalue weighted by molar-refractivity contribution is 0.607. The molecule has 0 aliphatic rings. The normalized spacial score (nSPS) is 9.89. The molecule has 0 aliphatic heterocycles. The van der Waals surface area contributed by atoms with Crippen LogP contribution >= 0.6 is 0 Å². The molecule has 1 aromatic carbocycles. The van der Waals surface area contributed by atoms with E-state index in [1.165, 1.54) is 6.07 Å². The molecule has 7 nitrogen and oxygen atoms in total. The van der Waals surface area contributed by atoms with Crippen molar-refractivity contribution >= 4 is 27.1 Å². The van der Waals surface area contributed by atoms with Crippen molar-refractivity contribution in [2.24, 2.45) is 5.10 Å². The minimum Gasteiger partial charge on any atom is -0.284 e. The molecule has 0 aliphatic carbocycles. The maximum absolute atomic E-state index is 11.1. The third-order valence-corrected chi connectivity index (χ3v) is 2.65. The molecule has 0 saturated carbocycles. The van der Waals surface area contributed by atoms with Gasteiger partial charge in [0, 0.05) is 0 Å². The molecule has 0 unspecified atom stereocenters. The van der Waals surface area contributed by atoms with Crippen LogP contribution in [0.4, 0.5) is 11.4 Å². The number of hydrazone groups is 1. The van der Waals surface area contributed by atoms with Crippen LogP contribution in [0, 0.1) is 29.6 Å². The number of rotatable bonds is 4. The quantitative estimate of drug-likeness (QED) is 0.632. The number of nitrogens with one attached hydrogen (secondary N) is 2. The van der Waals surface area contributed by atoms with Crippen LogP contribution in [0.5, 0.6) is 0 Å². The number of nitriles is 2. The molecule has 0 atom stereocenters. The molecule has 0 saturated heterocycles. The highest BCUT2D eigenvalue weighted by Gasteiger charge is 2.05. The zero-order valence-electron chi connectivity index (χ0n) is 10.3. The van der Waals surface area contributed by atoms with Crippen molar-refractivity contribution in [1.82, 2.24) is 0 Å². The molecular weight excluding hydrogens is 266 g/mol. The molecule has 0 radical (unpaired) electrons. The number of sulfonamides is 1. The van der Waals surface area contributed by atoms with Crippen LogP contribution < -0.4 is 10.1 Å². The second-order valence-electron chi connectivity index (χ2n) is 3.70. The molecule has 2 N–H and O–H groups in total. The largest absolute Gasteiger partial charge is 0.284 e. The summed E-state index contributed by atoms with van der Waals surface area (Å²) in [4.78, 5) is 0. The van der Waals surface area contributed by atoms with Gasteiger partial charge in [-0.1, -0.05) is 6.07 Å². The Hall–Kier alpha value is -2.58. The van der Waals surface area contributed by atoms with Crippen LogP contribution in [0.3, 0.4) is 0 Å². The molecule has 0 fully saturated rings. The van der Waals surface area contributed by atoms with Crippen molar-refractivity contribution in [2.75, 3.05) is 16.4 Å². The molecule has 0 bridgehead atoms. The van der Waals surface area contributed by atoms with Gasteiger partial charge in [-0.05, 0) is 24.6 Å². The summed E-state index contributed by atoms with van der Waals surface area (Å²) in [7, 11) is -3.37. The predicted molar refractivity (Wildman–Crippen MR) is 71.9 cm³/mol. The van der Waals surface area contributed by atoms with E-state index in [4.69, 9.17) is 10.5 Å². The van der Waals surface area contributed by atoms with E-state index in [-0.39, 0.29) is 5.71 Å². The van der Waals surface area contributed by atoms with Gasteiger partial charge in [0.15, 0.2) is 0 Å². The Morgan fingerprint density at radius 2 is 1.95 bits per heavy atom. The molecule has 8 heteroatoms. The zero-order chi connectivity index (χ0) is 14.5. The second-order valence-corrected chi connectivity index (χ2v) is 5.45. The molecule has 98 valence electrons. The van der Waals surface area contributed by atoms with Crippen molar-refractivity contribution in [1.29, 1.82) is 10.5 Å². The first-order chi connectivity index (χ1) is 8.85. The van der Waals surface area contributed by atoms with Crippen LogP contribution in [0.2, 0.25) is 0 Å². The first kappa shape index (κ1) is 14.5. The Balaban J connectivity index is 3.03. The Morgan fingerprint density at radius 1 is 1.32 bits per heavy atom. The molecule has 0 amide bonds. The van der Waals surface area contributed by atoms with Crippen LogP contribution in [-0.4, -0.2) is 20.4 Å². The summed E-state index contributed by atoms with van der Waals surface area (Å²) in [5, 5.41) is 20.7. The van der Waals surface area contributed by atoms with Gasteiger partial charge in [-0.25, -0.2) is 8.42 Å². The Bertz CT molecular complexity index is 679. The SMILES string of the molecule is Cc1ccc(NS(C)(=O)=O)cc1NN=C(C#N)C#N. The maximum Gasteiger partial charge on any atom is 0.237 e. The van der Waals surface area contributed by atoms with E-state index in [9.17, 15) is 8.42 Å². The summed E-state index contributed by atoms with van der Waals surface area (Å²) in [6, 6.07) is 8.02. The van der Waals surface area contributed by atoms with Crippen LogP contribution in [0.1, 0.15) is 5.56 Å². The third kappa shape index (κ3) is 4.66. The van der Waals surface area contributed by atoms with Gasteiger partial charge in [-0.3, -0.25) is 10.1 Å². The third-order valence-electron chi connectivity index (χ3n) is 2.04. The highest BCUT2D eigenvalue weighted by atomic mass is 32.2. The van der Waals surface area contributed by atoms with Crippen molar-refractivity contribution in [2.45, 2.75) is 6.92 Å². The fourth-order valence-corrected chi connectivity index (χ4v) is 1.77. The number of hydrogen-bond acceptors (Lipinski definition) is 6. The molecule has 1 rings (SSSR count). The number of hydrogen-bond donors (Lipinski definition) is 2. The molecule has 0 heterocycles. The Morgan fingerprint density at radius 3 is 2.47 bits per heavy atom. The van der Waals surface area contributed by atoms with E-state index in [0.717, 1.165) is 11.8 Å². The first-order valence-corrected chi connectivity index (χ1v) is 6.97. The van der Waals surface area contributed by atoms with Crippen LogP contribution in [0.15, 0.2) is 23.3 Å². The van der Waals surface area contributed by atoms with E-state index >= 15 is 0 Å². The van der Waals surface area contributed by atoms with E-state index < -0.39 is 10.0 Å². The van der Waals surface area contributed by atoms with Crippen molar-refractivity contribution in [3.8, 4) is 12.1 Å². The highest BCUT2D eigenvalue weighted by molar-refractivity contribution is 7.92. The van der Waals surface area contributed by atoms with Gasteiger partial charge in [0.25, 0.3) is 0 Å². The summed E-state index contributed by atoms with van der Waals surface area (Å²) in [6.07, 6.45) is 1.04. The van der Waals surface area contributed by atoms with Crippen molar-refractivity contribution in [3.05, 3.63) is 23.8 Å². The molecular formula is C11H11N5O2S. The van der Waals surface area contributed by atoms with E-state index in [0.29, 0.717) is 11.4 Å². The van der Waals surface area contributed by atoms with Gasteiger partial charge in [-0.2, -0.15) is 15.6 Å². The van der Waals surface area contributed by atoms with Gasteiger partial charge in [0.05, 0.1) is 17.6 Å². The number of aryl methyl sites for hydroxylation is 1. The van der Waals surface area contributed by atoms with Gasteiger partial charge in [0.2, 0.25) is 15.7 Å². The highest BCUT2D eigenvalue weighted by Crippen LogP contribution is 2.20. The van der Waals surface area contributed by atoms with Crippen LogP contribution in [-0.2, 0) is 10.0 Å². The van der Waals surface area contributed by atoms with Gasteiger partial charge < -0.3 is 0 Å². The van der Waals surface area contributed by atoms with E-state index in [2.05, 4.69) is 15.2 Å². The van der Waals surface area contributed by atoms with E-state index in [1.807, 2.05) is 0 Å². The molecule has 1 aromatic rings. The predicted octanol–water partition coefficient (Wildman–Crippen LogP) is 1.18. The van der Waals surface area contributed by atoms with Gasteiger partial charge in [-0.15, -0.1) is 0 Å². The topological polar surface area (TPSA) is 118 Å². The summed E-state index contributed by atoms with van der Waals surface area (Å²) in [6.45, 7) is 1.78. The number of benzene rings is 1. The lowest BCUT2D eigenvalue weighted by Gasteiger charge is -2.09. The summed E-state index contributed by atoms with van der Waals surface area (Å²) in [5.41, 5.74) is 3.88. The van der Waals surface area contributed by atoms with Crippen molar-refractivity contribution in [3.63, 3.8) is 0 Å². The second kappa shape index (κ2) is 5.85. The monoisotopic (exact) mass is 277 g/mol. The minimum atomic E-state index is -3.37. The molecule has 0 aromatic heterocycles. The standard InChI is InChI=1S/C11H11N5O2S/c1-8-3-4-9(16-19(2,17)18)5-11(8)15-14-10(6-12)7-13/h3-5,15-16H,1-2H3. The molecule has 0 spiro atoms. The Kier molecular flexibility index (Phi) is 4.46. The minimum absolute atomic E-state index is 0.319. The fraction of sp³-hybridized carbons (Fsp3) is 0.182. The Labute approximate surface area is 111 Å². The number of anilines is 2. The fourth-order valence-electron chi connectivity index (χ4n) is 1.21. The average molecular weight is 277 g/mol. The van der Waals surface area contributed by atoms with E-state index in [1.54, 1.807) is 31.2 Å². The maximum atomic E-state index is 11.1. The van der Waals surface area contributed by atoms with Gasteiger partial charge >= 0.3 is 0 Å².